The van der Waals surface area contributed by atoms with Crippen molar-refractivity contribution < 1.29 is 19.2 Å². The van der Waals surface area contributed by atoms with Gasteiger partial charge >= 0.3 is 5.97 Å². The van der Waals surface area contributed by atoms with Crippen LogP contribution >= 0.6 is 0 Å². The summed E-state index contributed by atoms with van der Waals surface area (Å²) in [5, 5.41) is 14.2. The van der Waals surface area contributed by atoms with Crippen LogP contribution in [-0.2, 0) is 4.74 Å². The summed E-state index contributed by atoms with van der Waals surface area (Å²) in [7, 11) is 1.28. The highest BCUT2D eigenvalue weighted by Crippen LogP contribution is 2.26. The number of nitro groups is 1. The van der Waals surface area contributed by atoms with Gasteiger partial charge in [0.2, 0.25) is 0 Å². The second-order valence-corrected chi connectivity index (χ2v) is 6.34. The molecule has 9 heteroatoms. The molecule has 0 fully saturated rings. The number of nitrogens with one attached hydrogen (secondary N) is 1. The Morgan fingerprint density at radius 1 is 1.21 bits per heavy atom. The molecule has 1 aromatic heterocycles. The fraction of sp³-hybridized carbons (Fsp3) is 0.150. The van der Waals surface area contributed by atoms with E-state index in [4.69, 9.17) is 4.74 Å². The van der Waals surface area contributed by atoms with Crippen LogP contribution in [0.15, 0.2) is 49.1 Å². The molecule has 3 rings (SSSR count). The van der Waals surface area contributed by atoms with E-state index in [9.17, 15) is 19.7 Å². The van der Waals surface area contributed by atoms with Gasteiger partial charge in [0.05, 0.1) is 23.9 Å². The van der Waals surface area contributed by atoms with Gasteiger partial charge in [0, 0.05) is 29.7 Å². The van der Waals surface area contributed by atoms with Gasteiger partial charge in [-0.25, -0.2) is 9.78 Å². The third-order valence-corrected chi connectivity index (χ3v) is 4.55. The Hall–Kier alpha value is -4.01. The van der Waals surface area contributed by atoms with Crippen LogP contribution in [0.4, 0.5) is 11.4 Å². The molecule has 148 valence electrons. The van der Waals surface area contributed by atoms with Gasteiger partial charge in [0.25, 0.3) is 11.6 Å². The number of carbonyl (C=O) groups excluding carboxylic acids is 2. The smallest absolute Gasteiger partial charge is 0.338 e. The second-order valence-electron chi connectivity index (χ2n) is 6.34. The van der Waals surface area contributed by atoms with Gasteiger partial charge in [-0.05, 0) is 49.2 Å². The van der Waals surface area contributed by atoms with E-state index >= 15 is 0 Å². The molecule has 0 aliphatic carbocycles. The fourth-order valence-corrected chi connectivity index (χ4v) is 2.89. The van der Waals surface area contributed by atoms with Crippen LogP contribution in [-0.4, -0.2) is 33.5 Å². The molecule has 0 saturated carbocycles. The van der Waals surface area contributed by atoms with E-state index in [2.05, 4.69) is 10.3 Å². The van der Waals surface area contributed by atoms with E-state index in [1.54, 1.807) is 19.2 Å². The molecule has 0 aliphatic heterocycles. The molecule has 0 saturated heterocycles. The normalized spacial score (nSPS) is 10.4. The van der Waals surface area contributed by atoms with Crippen LogP contribution in [0, 0.1) is 24.0 Å². The predicted molar refractivity (Wildman–Crippen MR) is 105 cm³/mol. The summed E-state index contributed by atoms with van der Waals surface area (Å²) in [6, 6.07) is 7.40. The maximum atomic E-state index is 12.7. The molecule has 1 N–H and O–H groups in total. The summed E-state index contributed by atoms with van der Waals surface area (Å²) in [4.78, 5) is 39.4. The highest BCUT2D eigenvalue weighted by atomic mass is 16.6. The van der Waals surface area contributed by atoms with E-state index in [1.807, 2.05) is 6.92 Å². The summed E-state index contributed by atoms with van der Waals surface area (Å²) >= 11 is 0. The van der Waals surface area contributed by atoms with Crippen molar-refractivity contribution in [3.8, 4) is 5.69 Å². The number of carbonyl (C=O) groups is 2. The molecule has 0 spiro atoms. The monoisotopic (exact) mass is 394 g/mol. The number of nitrogens with zero attached hydrogens (tertiary/aromatic N) is 3. The van der Waals surface area contributed by atoms with Crippen molar-refractivity contribution in [2.75, 3.05) is 12.4 Å². The summed E-state index contributed by atoms with van der Waals surface area (Å²) in [6.45, 7) is 3.59. The Morgan fingerprint density at radius 2 is 1.97 bits per heavy atom. The van der Waals surface area contributed by atoms with Crippen molar-refractivity contribution in [3.05, 3.63) is 81.4 Å². The molecule has 0 aliphatic rings. The van der Waals surface area contributed by atoms with Gasteiger partial charge in [-0.1, -0.05) is 0 Å². The average Bonchev–Trinajstić information content (AvgIpc) is 3.24. The largest absolute Gasteiger partial charge is 0.465 e. The Labute approximate surface area is 166 Å². The molecular formula is C20H18N4O5. The number of aryl methyl sites for hydroxylation is 1. The third-order valence-electron chi connectivity index (χ3n) is 4.55. The van der Waals surface area contributed by atoms with Crippen LogP contribution in [0.5, 0.6) is 0 Å². The van der Waals surface area contributed by atoms with Gasteiger partial charge < -0.3 is 14.6 Å². The van der Waals surface area contributed by atoms with E-state index in [1.165, 1.54) is 48.5 Å². The van der Waals surface area contributed by atoms with Gasteiger partial charge in [0.15, 0.2) is 0 Å². The lowest BCUT2D eigenvalue weighted by atomic mass is 10.0. The topological polar surface area (TPSA) is 116 Å². The number of imidazole rings is 1. The molecule has 3 aromatic rings. The quantitative estimate of drug-likeness (QED) is 0.402. The van der Waals surface area contributed by atoms with Gasteiger partial charge in [-0.2, -0.15) is 0 Å². The van der Waals surface area contributed by atoms with Crippen molar-refractivity contribution in [3.63, 3.8) is 0 Å². The van der Waals surface area contributed by atoms with Crippen molar-refractivity contribution in [1.29, 1.82) is 0 Å². The minimum absolute atomic E-state index is 0.110. The number of ether oxygens (including phenoxy) is 1. The first kappa shape index (κ1) is 19.7. The Bertz CT molecular complexity index is 1110. The zero-order valence-corrected chi connectivity index (χ0v) is 16.0. The minimum atomic E-state index is -0.558. The minimum Gasteiger partial charge on any atom is -0.465 e. The lowest BCUT2D eigenvalue weighted by Crippen LogP contribution is -2.14. The maximum Gasteiger partial charge on any atom is 0.338 e. The average molecular weight is 394 g/mol. The number of rotatable bonds is 5. The first-order valence-electron chi connectivity index (χ1n) is 8.59. The van der Waals surface area contributed by atoms with Crippen molar-refractivity contribution in [1.82, 2.24) is 9.55 Å². The first-order chi connectivity index (χ1) is 13.8. The molecule has 29 heavy (non-hydrogen) atoms. The van der Waals surface area contributed by atoms with E-state index in [-0.39, 0.29) is 11.3 Å². The van der Waals surface area contributed by atoms with Crippen LogP contribution in [0.2, 0.25) is 0 Å². The number of nitro benzene ring substituents is 1. The zero-order chi connectivity index (χ0) is 21.1. The molecule has 0 atom stereocenters. The Morgan fingerprint density at radius 3 is 2.59 bits per heavy atom. The zero-order valence-electron chi connectivity index (χ0n) is 16.0. The van der Waals surface area contributed by atoms with Crippen LogP contribution in [0.1, 0.15) is 31.8 Å². The van der Waals surface area contributed by atoms with Gasteiger partial charge in [0.1, 0.15) is 5.69 Å². The standard InChI is InChI=1S/C20H18N4O5/c1-12-8-15(10-16(13(12)2)20(26)29-3)22-19(25)14-4-5-17(18(9-14)24(27)28)23-7-6-21-11-23/h4-11H,1-3H3,(H,22,25). The number of amides is 1. The number of esters is 1. The number of aromatic nitrogens is 2. The fourth-order valence-electron chi connectivity index (χ4n) is 2.89. The summed E-state index contributed by atoms with van der Waals surface area (Å²) < 4.78 is 6.27. The molecule has 1 amide bonds. The number of benzene rings is 2. The number of hydrogen-bond acceptors (Lipinski definition) is 6. The SMILES string of the molecule is COC(=O)c1cc(NC(=O)c2ccc(-n3ccnc3)c([N+](=O)[O-])c2)cc(C)c1C. The van der Waals surface area contributed by atoms with Crippen LogP contribution in [0.25, 0.3) is 5.69 Å². The van der Waals surface area contributed by atoms with Crippen LogP contribution < -0.4 is 5.32 Å². The highest BCUT2D eigenvalue weighted by molar-refractivity contribution is 6.05. The molecule has 9 nitrogen and oxygen atoms in total. The van der Waals surface area contributed by atoms with E-state index in [0.717, 1.165) is 11.1 Å². The highest BCUT2D eigenvalue weighted by Gasteiger charge is 2.20. The van der Waals surface area contributed by atoms with Gasteiger partial charge in [-0.15, -0.1) is 0 Å². The molecule has 0 radical (unpaired) electrons. The second kappa shape index (κ2) is 7.93. The van der Waals surface area contributed by atoms with Crippen molar-refractivity contribution >= 4 is 23.3 Å². The number of methoxy groups -OCH3 is 1. The Balaban J connectivity index is 1.94. The Kier molecular flexibility index (Phi) is 5.40. The van der Waals surface area contributed by atoms with Gasteiger partial charge in [-0.3, -0.25) is 14.9 Å². The summed E-state index contributed by atoms with van der Waals surface area (Å²) in [6.07, 6.45) is 4.51. The summed E-state index contributed by atoms with van der Waals surface area (Å²) in [5.74, 6) is -1.05. The van der Waals surface area contributed by atoms with Crippen molar-refractivity contribution in [2.45, 2.75) is 13.8 Å². The van der Waals surface area contributed by atoms with Crippen LogP contribution in [0.3, 0.4) is 0 Å². The van der Waals surface area contributed by atoms with E-state index < -0.39 is 16.8 Å². The lowest BCUT2D eigenvalue weighted by Gasteiger charge is -2.12. The predicted octanol–water partition coefficient (Wildman–Crippen LogP) is 3.44. The lowest BCUT2D eigenvalue weighted by molar-refractivity contribution is -0.384. The molecule has 0 unspecified atom stereocenters. The number of hydrogen-bond donors (Lipinski definition) is 1. The molecule has 1 heterocycles. The summed E-state index contributed by atoms with van der Waals surface area (Å²) in [5.41, 5.74) is 2.44. The third kappa shape index (κ3) is 3.98. The van der Waals surface area contributed by atoms with E-state index in [0.29, 0.717) is 16.9 Å². The maximum absolute atomic E-state index is 12.7. The first-order valence-corrected chi connectivity index (χ1v) is 8.59. The molecule has 0 bridgehead atoms. The molecular weight excluding hydrogens is 376 g/mol. The molecule has 2 aromatic carbocycles. The number of anilines is 1. The van der Waals surface area contributed by atoms with Crippen molar-refractivity contribution in [2.24, 2.45) is 0 Å².